The lowest BCUT2D eigenvalue weighted by atomic mass is 10.1. The van der Waals surface area contributed by atoms with E-state index in [1.807, 2.05) is 26.0 Å². The highest BCUT2D eigenvalue weighted by atomic mass is 127. The summed E-state index contributed by atoms with van der Waals surface area (Å²) >= 11 is 0. The van der Waals surface area contributed by atoms with Gasteiger partial charge in [0.2, 0.25) is 5.91 Å². The fraction of sp³-hybridized carbons (Fsp3) is 0.364. The average Bonchev–Trinajstić information content (AvgIpc) is 3.07. The lowest BCUT2D eigenvalue weighted by Crippen LogP contribution is -2.41. The largest absolute Gasteiger partial charge is 0.494 e. The number of ether oxygens (including phenoxy) is 2. The summed E-state index contributed by atoms with van der Waals surface area (Å²) in [5.41, 5.74) is 2.49. The van der Waals surface area contributed by atoms with Gasteiger partial charge in [0.25, 0.3) is 0 Å². The van der Waals surface area contributed by atoms with Crippen LogP contribution in [0.1, 0.15) is 25.0 Å². The van der Waals surface area contributed by atoms with E-state index in [9.17, 15) is 9.18 Å². The van der Waals surface area contributed by atoms with Gasteiger partial charge in [0.1, 0.15) is 23.4 Å². The molecule has 1 heterocycles. The molecule has 0 saturated carbocycles. The number of benzene rings is 2. The summed E-state index contributed by atoms with van der Waals surface area (Å²) in [5, 5.41) is 8.76. The summed E-state index contributed by atoms with van der Waals surface area (Å²) in [6.45, 7) is 4.99. The smallest absolute Gasteiger partial charge is 0.243 e. The maximum absolute atomic E-state index is 13.2. The van der Waals surface area contributed by atoms with Crippen molar-refractivity contribution < 1.29 is 18.7 Å². The van der Waals surface area contributed by atoms with Crippen LogP contribution in [0.15, 0.2) is 41.4 Å². The van der Waals surface area contributed by atoms with Gasteiger partial charge in [-0.1, -0.05) is 6.07 Å². The van der Waals surface area contributed by atoms with Crippen LogP contribution >= 0.6 is 24.0 Å². The first-order valence-electron chi connectivity index (χ1n) is 9.93. The van der Waals surface area contributed by atoms with E-state index in [-0.39, 0.29) is 42.5 Å². The molecule has 0 saturated heterocycles. The average molecular weight is 542 g/mol. The minimum atomic E-state index is -0.406. The third kappa shape index (κ3) is 6.98. The Morgan fingerprint density at radius 2 is 2.10 bits per heavy atom. The highest BCUT2D eigenvalue weighted by molar-refractivity contribution is 14.0. The number of guanidine groups is 1. The second-order valence-electron chi connectivity index (χ2n) is 6.97. The molecule has 31 heavy (non-hydrogen) atoms. The summed E-state index contributed by atoms with van der Waals surface area (Å²) in [4.78, 5) is 16.2. The topological polar surface area (TPSA) is 84.0 Å². The normalized spacial score (nSPS) is 14.7. The second-order valence-corrected chi connectivity index (χ2v) is 6.97. The Morgan fingerprint density at radius 3 is 2.81 bits per heavy atom. The molecule has 1 unspecified atom stereocenters. The number of nitrogens with one attached hydrogen (secondary N) is 3. The number of anilines is 1. The van der Waals surface area contributed by atoms with Crippen molar-refractivity contribution in [3.05, 3.63) is 53.3 Å². The number of amides is 1. The molecule has 2 aromatic carbocycles. The molecule has 3 rings (SSSR count). The Morgan fingerprint density at radius 1 is 1.29 bits per heavy atom. The van der Waals surface area contributed by atoms with Crippen LogP contribution in [0.2, 0.25) is 0 Å². The maximum atomic E-state index is 13.2. The third-order valence-electron chi connectivity index (χ3n) is 4.57. The molecule has 0 aromatic heterocycles. The molecular formula is C22H28FIN4O3. The Labute approximate surface area is 198 Å². The molecule has 9 heteroatoms. The van der Waals surface area contributed by atoms with Crippen LogP contribution < -0.4 is 25.4 Å². The quantitative estimate of drug-likeness (QED) is 0.284. The predicted molar refractivity (Wildman–Crippen MR) is 130 cm³/mol. The Balaban J connectivity index is 0.00000341. The van der Waals surface area contributed by atoms with E-state index < -0.39 is 5.82 Å². The molecule has 2 aromatic rings. The number of rotatable bonds is 7. The van der Waals surface area contributed by atoms with Crippen molar-refractivity contribution in [3.8, 4) is 11.5 Å². The molecule has 1 aliphatic heterocycles. The Bertz CT molecular complexity index is 939. The zero-order chi connectivity index (χ0) is 21.5. The minimum absolute atomic E-state index is 0. The fourth-order valence-corrected chi connectivity index (χ4v) is 3.24. The molecule has 0 spiro atoms. The van der Waals surface area contributed by atoms with E-state index in [4.69, 9.17) is 9.47 Å². The van der Waals surface area contributed by atoms with E-state index in [1.54, 1.807) is 13.1 Å². The molecule has 0 fully saturated rings. The second kappa shape index (κ2) is 11.7. The van der Waals surface area contributed by atoms with E-state index in [0.29, 0.717) is 24.8 Å². The van der Waals surface area contributed by atoms with Gasteiger partial charge in [0.15, 0.2) is 5.96 Å². The highest BCUT2D eigenvalue weighted by Crippen LogP contribution is 2.35. The minimum Gasteiger partial charge on any atom is -0.494 e. The number of aliphatic imine (C=N–C) groups is 1. The third-order valence-corrected chi connectivity index (χ3v) is 4.57. The van der Waals surface area contributed by atoms with Gasteiger partial charge in [-0.15, -0.1) is 24.0 Å². The first-order valence-corrected chi connectivity index (χ1v) is 9.93. The summed E-state index contributed by atoms with van der Waals surface area (Å²) in [5.74, 6) is 1.43. The van der Waals surface area contributed by atoms with Gasteiger partial charge in [-0.05, 0) is 44.2 Å². The summed E-state index contributed by atoms with van der Waals surface area (Å²) in [6, 6.07) is 9.76. The summed E-state index contributed by atoms with van der Waals surface area (Å²) in [7, 11) is 1.62. The molecule has 1 amide bonds. The number of fused-ring (bicyclic) bond motifs is 1. The van der Waals surface area contributed by atoms with Gasteiger partial charge < -0.3 is 25.4 Å². The maximum Gasteiger partial charge on any atom is 0.243 e. The van der Waals surface area contributed by atoms with E-state index in [1.165, 1.54) is 18.2 Å². The molecule has 168 valence electrons. The van der Waals surface area contributed by atoms with Crippen LogP contribution in [0, 0.1) is 5.82 Å². The van der Waals surface area contributed by atoms with Gasteiger partial charge in [-0.25, -0.2) is 4.39 Å². The van der Waals surface area contributed by atoms with Gasteiger partial charge in [0.05, 0.1) is 13.2 Å². The van der Waals surface area contributed by atoms with Crippen molar-refractivity contribution in [2.75, 3.05) is 25.5 Å². The number of halogens is 2. The summed E-state index contributed by atoms with van der Waals surface area (Å²) < 4.78 is 24.9. The zero-order valence-electron chi connectivity index (χ0n) is 17.8. The molecule has 7 nitrogen and oxygen atoms in total. The van der Waals surface area contributed by atoms with Crippen LogP contribution in [-0.4, -0.2) is 38.2 Å². The standard InChI is InChI=1S/C22H27FN4O3.HI/c1-4-29-19-9-15-8-14(2)30-20(15)10-16(19)12-25-22(24-3)26-13-21(28)27-18-7-5-6-17(23)11-18;/h5-7,9-11,14H,4,8,12-13H2,1-3H3,(H,27,28)(H2,24,25,26);1H. The molecule has 3 N–H and O–H groups in total. The van der Waals surface area contributed by atoms with Gasteiger partial charge in [-0.3, -0.25) is 9.79 Å². The highest BCUT2D eigenvalue weighted by Gasteiger charge is 2.22. The zero-order valence-corrected chi connectivity index (χ0v) is 20.2. The van der Waals surface area contributed by atoms with Crippen molar-refractivity contribution in [1.29, 1.82) is 0 Å². The molecule has 1 aliphatic rings. The molecule has 0 bridgehead atoms. The van der Waals surface area contributed by atoms with Crippen molar-refractivity contribution >= 4 is 41.5 Å². The van der Waals surface area contributed by atoms with Crippen LogP contribution in [0.4, 0.5) is 10.1 Å². The molecular weight excluding hydrogens is 514 g/mol. The van der Waals surface area contributed by atoms with Crippen LogP contribution in [-0.2, 0) is 17.8 Å². The fourth-order valence-electron chi connectivity index (χ4n) is 3.24. The predicted octanol–water partition coefficient (Wildman–Crippen LogP) is 3.47. The number of carbonyl (C=O) groups is 1. The molecule has 1 atom stereocenters. The van der Waals surface area contributed by atoms with Crippen molar-refractivity contribution in [1.82, 2.24) is 10.6 Å². The lowest BCUT2D eigenvalue weighted by molar-refractivity contribution is -0.115. The Kier molecular flexibility index (Phi) is 9.35. The van der Waals surface area contributed by atoms with Crippen molar-refractivity contribution in [3.63, 3.8) is 0 Å². The number of nitrogens with zero attached hydrogens (tertiary/aromatic N) is 1. The molecule has 0 aliphatic carbocycles. The van der Waals surface area contributed by atoms with E-state index >= 15 is 0 Å². The van der Waals surface area contributed by atoms with Crippen LogP contribution in [0.3, 0.4) is 0 Å². The van der Waals surface area contributed by atoms with Gasteiger partial charge >= 0.3 is 0 Å². The van der Waals surface area contributed by atoms with Gasteiger partial charge in [-0.2, -0.15) is 0 Å². The number of carbonyl (C=O) groups excluding carboxylic acids is 1. The number of hydrogen-bond donors (Lipinski definition) is 3. The Hall–Kier alpha value is -2.56. The lowest BCUT2D eigenvalue weighted by Gasteiger charge is -2.15. The first-order chi connectivity index (χ1) is 14.5. The van der Waals surface area contributed by atoms with E-state index in [2.05, 4.69) is 20.9 Å². The van der Waals surface area contributed by atoms with Crippen LogP contribution in [0.5, 0.6) is 11.5 Å². The van der Waals surface area contributed by atoms with Crippen molar-refractivity contribution in [2.45, 2.75) is 32.9 Å². The monoisotopic (exact) mass is 542 g/mol. The van der Waals surface area contributed by atoms with E-state index in [0.717, 1.165) is 29.0 Å². The number of hydrogen-bond acceptors (Lipinski definition) is 4. The molecule has 0 radical (unpaired) electrons. The van der Waals surface area contributed by atoms with Gasteiger partial charge in [0, 0.05) is 36.8 Å². The summed E-state index contributed by atoms with van der Waals surface area (Å²) in [6.07, 6.45) is 1.02. The van der Waals surface area contributed by atoms with Crippen LogP contribution in [0.25, 0.3) is 0 Å². The first kappa shape index (κ1) is 24.7. The SMILES string of the molecule is CCOc1cc2c(cc1CNC(=NC)NCC(=O)Nc1cccc(F)c1)OC(C)C2.I. The van der Waals surface area contributed by atoms with Crippen molar-refractivity contribution in [2.24, 2.45) is 4.99 Å².